The number of aromatic nitrogens is 4. The van der Waals surface area contributed by atoms with Crippen LogP contribution in [0.4, 0.5) is 0 Å². The number of rotatable bonds is 6. The maximum Gasteiger partial charge on any atom is 0.259 e. The first-order valence-corrected chi connectivity index (χ1v) is 13.4. The van der Waals surface area contributed by atoms with Gasteiger partial charge >= 0.3 is 0 Å². The summed E-state index contributed by atoms with van der Waals surface area (Å²) in [5.41, 5.74) is 6.24. The van der Waals surface area contributed by atoms with Crippen LogP contribution in [0.1, 0.15) is 42.5 Å². The molecule has 36 heavy (non-hydrogen) atoms. The molecule has 1 aliphatic rings. The molecule has 0 bridgehead atoms. The molecule has 1 aliphatic carbocycles. The van der Waals surface area contributed by atoms with Gasteiger partial charge in [0.05, 0.1) is 12.2 Å². The van der Waals surface area contributed by atoms with Crippen molar-refractivity contribution in [3.05, 3.63) is 118 Å². The minimum atomic E-state index is -0.279. The Balaban J connectivity index is 1.63. The fraction of sp³-hybridized carbons (Fsp3) is 0.233. The average Bonchev–Trinajstić information content (AvgIpc) is 3.34. The Labute approximate surface area is 214 Å². The number of nitrogens with zero attached hydrogens (tertiary/aromatic N) is 4. The van der Waals surface area contributed by atoms with Gasteiger partial charge in [-0.25, -0.2) is 0 Å². The van der Waals surface area contributed by atoms with Gasteiger partial charge < -0.3 is 0 Å². The zero-order chi connectivity index (χ0) is 24.7. The fourth-order valence-corrected chi connectivity index (χ4v) is 6.20. The summed E-state index contributed by atoms with van der Waals surface area (Å²) in [5, 5.41) is 10.0. The molecule has 0 spiro atoms. The van der Waals surface area contributed by atoms with E-state index in [-0.39, 0.29) is 11.0 Å². The molecule has 0 saturated carbocycles. The van der Waals surface area contributed by atoms with Crippen molar-refractivity contribution >= 4 is 17.5 Å². The number of hydrogen-bond acceptors (Lipinski definition) is 4. The summed E-state index contributed by atoms with van der Waals surface area (Å²) in [5.74, 6) is 1.37. The maximum absolute atomic E-state index is 14.3. The summed E-state index contributed by atoms with van der Waals surface area (Å²) in [6.07, 6.45) is 1.71. The van der Waals surface area contributed by atoms with Crippen molar-refractivity contribution in [3.8, 4) is 11.3 Å². The number of benzene rings is 3. The molecule has 0 saturated heterocycles. The van der Waals surface area contributed by atoms with Gasteiger partial charge in [0.2, 0.25) is 5.78 Å². The SMILES string of the molecule is CCC1(C)Cc2ccccc2-c2c1c(=O)n(Cc1ccccc1)c1nnc(SCc3ccccc3)n21. The summed E-state index contributed by atoms with van der Waals surface area (Å²) < 4.78 is 3.95. The first-order chi connectivity index (χ1) is 17.6. The van der Waals surface area contributed by atoms with Crippen LogP contribution in [0.15, 0.2) is 94.9 Å². The molecule has 0 amide bonds. The van der Waals surface area contributed by atoms with Crippen LogP contribution in [-0.2, 0) is 24.1 Å². The second-order valence-corrected chi connectivity index (χ2v) is 10.7. The quantitative estimate of drug-likeness (QED) is 0.268. The maximum atomic E-state index is 14.3. The van der Waals surface area contributed by atoms with Crippen LogP contribution in [0.3, 0.4) is 0 Å². The van der Waals surface area contributed by atoms with E-state index in [1.807, 2.05) is 28.8 Å². The minimum absolute atomic E-state index is 0.0345. The Morgan fingerprint density at radius 3 is 2.28 bits per heavy atom. The smallest absolute Gasteiger partial charge is 0.259 e. The van der Waals surface area contributed by atoms with E-state index in [2.05, 4.69) is 89.1 Å². The van der Waals surface area contributed by atoms with E-state index in [9.17, 15) is 4.79 Å². The molecule has 0 fully saturated rings. The second-order valence-electron chi connectivity index (χ2n) is 9.74. The molecule has 6 heteroatoms. The van der Waals surface area contributed by atoms with Gasteiger partial charge in [-0.2, -0.15) is 0 Å². The topological polar surface area (TPSA) is 52.2 Å². The molecular formula is C30H28N4OS. The summed E-state index contributed by atoms with van der Waals surface area (Å²) in [7, 11) is 0. The van der Waals surface area contributed by atoms with Crippen LogP contribution in [0, 0.1) is 0 Å². The number of fused-ring (bicyclic) bond motifs is 5. The normalized spacial score (nSPS) is 16.6. The first-order valence-electron chi connectivity index (χ1n) is 12.4. The first kappa shape index (κ1) is 22.8. The van der Waals surface area contributed by atoms with E-state index in [0.29, 0.717) is 12.3 Å². The third kappa shape index (κ3) is 3.77. The van der Waals surface area contributed by atoms with E-state index < -0.39 is 0 Å². The van der Waals surface area contributed by atoms with E-state index in [1.165, 1.54) is 11.1 Å². The lowest BCUT2D eigenvalue weighted by Crippen LogP contribution is -2.40. The standard InChI is InChI=1S/C30H28N4OS/c1-3-30(2)18-23-16-10-11-17-24(23)26-25(30)27(35)33(19-21-12-6-4-7-13-21)28-31-32-29(34(26)28)36-20-22-14-8-5-9-15-22/h4-17H,3,18-20H2,1-2H3. The van der Waals surface area contributed by atoms with Crippen LogP contribution < -0.4 is 5.56 Å². The van der Waals surface area contributed by atoms with Crippen molar-refractivity contribution in [1.82, 2.24) is 19.2 Å². The highest BCUT2D eigenvalue weighted by Crippen LogP contribution is 2.44. The van der Waals surface area contributed by atoms with Gasteiger partial charge in [-0.3, -0.25) is 13.8 Å². The predicted octanol–water partition coefficient (Wildman–Crippen LogP) is 6.12. The lowest BCUT2D eigenvalue weighted by atomic mass is 9.69. The van der Waals surface area contributed by atoms with Gasteiger partial charge in [-0.15, -0.1) is 10.2 Å². The molecule has 6 rings (SSSR count). The highest BCUT2D eigenvalue weighted by atomic mass is 32.2. The van der Waals surface area contributed by atoms with Crippen molar-refractivity contribution < 1.29 is 0 Å². The van der Waals surface area contributed by atoms with Crippen molar-refractivity contribution in [2.45, 2.75) is 49.6 Å². The Kier molecular flexibility index (Phi) is 5.76. The molecule has 5 nitrogen and oxygen atoms in total. The molecular weight excluding hydrogens is 464 g/mol. The predicted molar refractivity (Wildman–Crippen MR) is 146 cm³/mol. The van der Waals surface area contributed by atoms with Crippen LogP contribution in [0.5, 0.6) is 0 Å². The Hall–Kier alpha value is -3.64. The van der Waals surface area contributed by atoms with Gasteiger partial charge in [0.15, 0.2) is 5.16 Å². The molecule has 1 atom stereocenters. The summed E-state index contributed by atoms with van der Waals surface area (Å²) in [6, 6.07) is 29.0. The van der Waals surface area contributed by atoms with Crippen LogP contribution in [0.2, 0.25) is 0 Å². The molecule has 0 radical (unpaired) electrons. The van der Waals surface area contributed by atoms with E-state index >= 15 is 0 Å². The molecule has 0 N–H and O–H groups in total. The van der Waals surface area contributed by atoms with E-state index in [1.54, 1.807) is 11.8 Å². The zero-order valence-corrected chi connectivity index (χ0v) is 21.3. The lowest BCUT2D eigenvalue weighted by molar-refractivity contribution is 0.435. The minimum Gasteiger partial charge on any atom is -0.272 e. The van der Waals surface area contributed by atoms with Crippen molar-refractivity contribution in [2.75, 3.05) is 0 Å². The Morgan fingerprint density at radius 2 is 1.56 bits per heavy atom. The number of hydrogen-bond donors (Lipinski definition) is 0. The molecule has 2 heterocycles. The number of thioether (sulfide) groups is 1. The second kappa shape index (κ2) is 9.10. The van der Waals surface area contributed by atoms with Gasteiger partial charge in [0, 0.05) is 22.3 Å². The lowest BCUT2D eigenvalue weighted by Gasteiger charge is -2.36. The Morgan fingerprint density at radius 1 is 0.889 bits per heavy atom. The monoisotopic (exact) mass is 492 g/mol. The average molecular weight is 493 g/mol. The third-order valence-electron chi connectivity index (χ3n) is 7.41. The molecule has 0 aliphatic heterocycles. The summed E-state index contributed by atoms with van der Waals surface area (Å²) in [4.78, 5) is 14.3. The van der Waals surface area contributed by atoms with Crippen LogP contribution in [0.25, 0.3) is 17.0 Å². The molecule has 180 valence electrons. The van der Waals surface area contributed by atoms with Gasteiger partial charge in [0.1, 0.15) is 0 Å². The highest BCUT2D eigenvalue weighted by molar-refractivity contribution is 7.98. The third-order valence-corrected chi connectivity index (χ3v) is 8.41. The fourth-order valence-electron chi connectivity index (χ4n) is 5.31. The van der Waals surface area contributed by atoms with Gasteiger partial charge in [0.25, 0.3) is 5.56 Å². The molecule has 2 aromatic heterocycles. The highest BCUT2D eigenvalue weighted by Gasteiger charge is 2.39. The summed E-state index contributed by atoms with van der Waals surface area (Å²) in [6.45, 7) is 4.86. The Bertz CT molecular complexity index is 1610. The van der Waals surface area contributed by atoms with Crippen LogP contribution >= 0.6 is 11.8 Å². The van der Waals surface area contributed by atoms with Crippen LogP contribution in [-0.4, -0.2) is 19.2 Å². The van der Waals surface area contributed by atoms with Gasteiger partial charge in [-0.05, 0) is 29.5 Å². The molecule has 5 aromatic rings. The van der Waals surface area contributed by atoms with Crippen molar-refractivity contribution in [1.29, 1.82) is 0 Å². The zero-order valence-electron chi connectivity index (χ0n) is 20.5. The summed E-state index contributed by atoms with van der Waals surface area (Å²) >= 11 is 1.66. The van der Waals surface area contributed by atoms with Crippen molar-refractivity contribution in [3.63, 3.8) is 0 Å². The largest absolute Gasteiger partial charge is 0.272 e. The van der Waals surface area contributed by atoms with Crippen molar-refractivity contribution in [2.24, 2.45) is 0 Å². The molecule has 1 unspecified atom stereocenters. The molecule has 3 aromatic carbocycles. The van der Waals surface area contributed by atoms with E-state index in [0.717, 1.165) is 46.1 Å². The van der Waals surface area contributed by atoms with E-state index in [4.69, 9.17) is 0 Å². The van der Waals surface area contributed by atoms with Gasteiger partial charge in [-0.1, -0.05) is 111 Å².